The van der Waals surface area contributed by atoms with Crippen molar-refractivity contribution in [3.8, 4) is 0 Å². The minimum Gasteiger partial charge on any atom is -0.479 e. The maximum absolute atomic E-state index is 9.45. The molecule has 0 aromatic heterocycles. The monoisotopic (exact) mass is 283 g/mol. The Morgan fingerprint density at radius 1 is 1.30 bits per heavy atom. The zero-order valence-electron chi connectivity index (χ0n) is 5.46. The molecule has 10 heavy (non-hydrogen) atoms. The second-order valence-corrected chi connectivity index (χ2v) is 1.01. The first kappa shape index (κ1) is 31.3. The third-order valence-electron chi connectivity index (χ3n) is 0.357. The molecule has 0 fully saturated rings. The van der Waals surface area contributed by atoms with Crippen LogP contribution in [0.5, 0.6) is 0 Å². The number of hydrogen-bond acceptors (Lipinski definition) is 2. The van der Waals surface area contributed by atoms with E-state index >= 15 is 0 Å². The molecular formula is C3H12LaO6. The largest absolute Gasteiger partial charge is 0.479 e. The van der Waals surface area contributed by atoms with Gasteiger partial charge in [-0.1, -0.05) is 0 Å². The number of rotatable bonds is 1. The van der Waals surface area contributed by atoms with Gasteiger partial charge >= 0.3 is 5.97 Å². The molecule has 0 aromatic rings. The Bertz CT molecular complexity index is 64.0. The van der Waals surface area contributed by atoms with Gasteiger partial charge in [0.25, 0.3) is 0 Å². The molecule has 0 amide bonds. The summed E-state index contributed by atoms with van der Waals surface area (Å²) in [6.07, 6.45) is -1.23. The molecule has 0 heterocycles. The SMILES string of the molecule is CC(O)C(=O)O.O.O.O.[La]. The van der Waals surface area contributed by atoms with E-state index in [0.29, 0.717) is 0 Å². The van der Waals surface area contributed by atoms with E-state index in [1.165, 1.54) is 6.92 Å². The van der Waals surface area contributed by atoms with E-state index < -0.39 is 12.1 Å². The van der Waals surface area contributed by atoms with E-state index in [1.807, 2.05) is 0 Å². The molecule has 0 saturated heterocycles. The summed E-state index contributed by atoms with van der Waals surface area (Å²) in [6, 6.07) is 0. The fourth-order valence-corrected chi connectivity index (χ4v) is 0. The quantitative estimate of drug-likeness (QED) is 0.526. The maximum Gasteiger partial charge on any atom is 0.332 e. The van der Waals surface area contributed by atoms with Gasteiger partial charge in [-0.25, -0.2) is 4.79 Å². The van der Waals surface area contributed by atoms with Crippen LogP contribution in [0.25, 0.3) is 0 Å². The van der Waals surface area contributed by atoms with Crippen molar-refractivity contribution in [3.63, 3.8) is 0 Å². The minimum absolute atomic E-state index is 0. The first-order chi connectivity index (χ1) is 2.64. The second-order valence-electron chi connectivity index (χ2n) is 1.01. The van der Waals surface area contributed by atoms with E-state index in [4.69, 9.17) is 10.2 Å². The van der Waals surface area contributed by atoms with E-state index in [9.17, 15) is 4.79 Å². The third-order valence-corrected chi connectivity index (χ3v) is 0.357. The van der Waals surface area contributed by atoms with E-state index in [-0.39, 0.29) is 52.0 Å². The average molecular weight is 283 g/mol. The molecule has 1 radical (unpaired) electrons. The van der Waals surface area contributed by atoms with Gasteiger partial charge in [0.2, 0.25) is 0 Å². The zero-order chi connectivity index (χ0) is 5.15. The summed E-state index contributed by atoms with van der Waals surface area (Å²) >= 11 is 0. The van der Waals surface area contributed by atoms with Crippen LogP contribution >= 0.6 is 0 Å². The van der Waals surface area contributed by atoms with Crippen molar-refractivity contribution in [1.29, 1.82) is 0 Å². The Hall–Kier alpha value is 0.505. The maximum atomic E-state index is 9.45. The van der Waals surface area contributed by atoms with Crippen molar-refractivity contribution in [3.05, 3.63) is 0 Å². The van der Waals surface area contributed by atoms with Crippen molar-refractivity contribution in [1.82, 2.24) is 0 Å². The summed E-state index contributed by atoms with van der Waals surface area (Å²) in [4.78, 5) is 9.45. The molecule has 7 heteroatoms. The molecule has 0 rings (SSSR count). The summed E-state index contributed by atoms with van der Waals surface area (Å²) < 4.78 is 0. The summed E-state index contributed by atoms with van der Waals surface area (Å²) in [7, 11) is 0. The molecule has 0 saturated carbocycles. The minimum atomic E-state index is -1.23. The van der Waals surface area contributed by atoms with Crippen LogP contribution in [-0.4, -0.2) is 38.7 Å². The van der Waals surface area contributed by atoms with Crippen LogP contribution in [0.3, 0.4) is 0 Å². The summed E-state index contributed by atoms with van der Waals surface area (Å²) in [5.74, 6) is -1.19. The van der Waals surface area contributed by atoms with Crippen LogP contribution in [0.15, 0.2) is 0 Å². The molecular weight excluding hydrogens is 271 g/mol. The first-order valence-corrected chi connectivity index (χ1v) is 1.55. The van der Waals surface area contributed by atoms with Gasteiger partial charge in [0.05, 0.1) is 0 Å². The number of carboxylic acid groups (broad SMARTS) is 1. The number of carboxylic acids is 1. The smallest absolute Gasteiger partial charge is 0.332 e. The molecule has 0 aliphatic carbocycles. The number of carbonyl (C=O) groups is 1. The van der Waals surface area contributed by atoms with Crippen molar-refractivity contribution >= 4 is 5.97 Å². The predicted molar refractivity (Wildman–Crippen MR) is 30.2 cm³/mol. The summed E-state index contributed by atoms with van der Waals surface area (Å²) in [5, 5.41) is 15.8. The second kappa shape index (κ2) is 16.2. The van der Waals surface area contributed by atoms with Crippen molar-refractivity contribution in [2.75, 3.05) is 0 Å². The molecule has 1 atom stereocenters. The summed E-state index contributed by atoms with van der Waals surface area (Å²) in [6.45, 7) is 1.20. The Morgan fingerprint density at radius 2 is 1.40 bits per heavy atom. The Kier molecular flexibility index (Phi) is 50.9. The van der Waals surface area contributed by atoms with Crippen LogP contribution in [0, 0.1) is 35.6 Å². The van der Waals surface area contributed by atoms with E-state index in [1.54, 1.807) is 0 Å². The number of aliphatic hydroxyl groups excluding tert-OH is 1. The molecule has 0 aliphatic rings. The van der Waals surface area contributed by atoms with Gasteiger partial charge in [0, 0.05) is 35.6 Å². The first-order valence-electron chi connectivity index (χ1n) is 1.55. The van der Waals surface area contributed by atoms with Gasteiger partial charge in [0.1, 0.15) is 6.10 Å². The van der Waals surface area contributed by atoms with Crippen LogP contribution in [-0.2, 0) is 4.79 Å². The van der Waals surface area contributed by atoms with Gasteiger partial charge < -0.3 is 26.6 Å². The summed E-state index contributed by atoms with van der Waals surface area (Å²) in [5.41, 5.74) is 0. The standard InChI is InChI=1S/C3H6O3.La.3H2O/c1-2(4)3(5)6;;;;/h2,4H,1H3,(H,5,6);;3*1H2. The topological polar surface area (TPSA) is 152 Å². The number of hydrogen-bond donors (Lipinski definition) is 2. The number of aliphatic carboxylic acids is 1. The van der Waals surface area contributed by atoms with Crippen molar-refractivity contribution in [2.24, 2.45) is 0 Å². The molecule has 0 aromatic carbocycles. The Balaban J connectivity index is -0.0000000208. The Morgan fingerprint density at radius 3 is 1.40 bits per heavy atom. The van der Waals surface area contributed by atoms with Crippen LogP contribution < -0.4 is 0 Å². The zero-order valence-corrected chi connectivity index (χ0v) is 9.08. The molecule has 0 aliphatic heterocycles. The molecule has 8 N–H and O–H groups in total. The van der Waals surface area contributed by atoms with Crippen LogP contribution in [0.2, 0.25) is 0 Å². The van der Waals surface area contributed by atoms with Gasteiger partial charge in [-0.15, -0.1) is 0 Å². The van der Waals surface area contributed by atoms with E-state index in [2.05, 4.69) is 0 Å². The van der Waals surface area contributed by atoms with Gasteiger partial charge in [-0.2, -0.15) is 0 Å². The molecule has 0 bridgehead atoms. The Labute approximate surface area is 85.8 Å². The van der Waals surface area contributed by atoms with Crippen LogP contribution in [0.4, 0.5) is 0 Å². The molecule has 6 nitrogen and oxygen atoms in total. The fourth-order valence-electron chi connectivity index (χ4n) is 0. The van der Waals surface area contributed by atoms with Crippen LogP contribution in [0.1, 0.15) is 6.92 Å². The predicted octanol–water partition coefficient (Wildman–Crippen LogP) is -3.02. The average Bonchev–Trinajstić information content (AvgIpc) is 1.36. The third kappa shape index (κ3) is 23.6. The normalized spacial score (nSPS) is 8.20. The number of aliphatic hydroxyl groups is 1. The van der Waals surface area contributed by atoms with Gasteiger partial charge in [-0.3, -0.25) is 0 Å². The van der Waals surface area contributed by atoms with E-state index in [0.717, 1.165) is 0 Å². The molecule has 1 unspecified atom stereocenters. The van der Waals surface area contributed by atoms with Gasteiger partial charge in [-0.05, 0) is 6.92 Å². The fraction of sp³-hybridized carbons (Fsp3) is 0.667. The van der Waals surface area contributed by atoms with Gasteiger partial charge in [0.15, 0.2) is 0 Å². The molecule has 63 valence electrons. The van der Waals surface area contributed by atoms with Crippen molar-refractivity contribution < 1.29 is 67.0 Å². The molecule has 0 spiro atoms. The van der Waals surface area contributed by atoms with Crippen molar-refractivity contribution in [2.45, 2.75) is 13.0 Å².